The van der Waals surface area contributed by atoms with Crippen molar-refractivity contribution in [3.8, 4) is 5.75 Å². The molecule has 0 unspecified atom stereocenters. The molecule has 2 aromatic carbocycles. The summed E-state index contributed by atoms with van der Waals surface area (Å²) in [6.45, 7) is 3.95. The van der Waals surface area contributed by atoms with Crippen LogP contribution in [0, 0.1) is 0 Å². The van der Waals surface area contributed by atoms with Gasteiger partial charge in [-0.25, -0.2) is 4.98 Å². The summed E-state index contributed by atoms with van der Waals surface area (Å²) in [5, 5.41) is 11.3. The SMILES string of the molecule is C=CC(=O)Nc1cccc(N2CC(Oc3ccc4[nH]ccc4c3)=Cc3cnc(Nc4cnn(C)c4)nc32)c1. The normalized spacial score (nSPS) is 12.6. The lowest BCUT2D eigenvalue weighted by Crippen LogP contribution is -2.27. The fraction of sp³-hybridized carbons (Fsp3) is 0.0714. The number of anilines is 5. The van der Waals surface area contributed by atoms with Crippen LogP contribution in [-0.2, 0) is 11.8 Å². The van der Waals surface area contributed by atoms with Crippen LogP contribution in [0.4, 0.5) is 28.8 Å². The number of aryl methyl sites for hydroxylation is 1. The summed E-state index contributed by atoms with van der Waals surface area (Å²) in [5.41, 5.74) is 4.10. The maximum absolute atomic E-state index is 11.9. The van der Waals surface area contributed by atoms with Crippen molar-refractivity contribution in [2.75, 3.05) is 22.1 Å². The summed E-state index contributed by atoms with van der Waals surface area (Å²) in [6.07, 6.45) is 10.4. The van der Waals surface area contributed by atoms with Crippen molar-refractivity contribution in [2.45, 2.75) is 0 Å². The fourth-order valence-electron chi connectivity index (χ4n) is 4.29. The lowest BCUT2D eigenvalue weighted by atomic mass is 10.1. The maximum atomic E-state index is 11.9. The van der Waals surface area contributed by atoms with Gasteiger partial charge in [-0.3, -0.25) is 9.48 Å². The lowest BCUT2D eigenvalue weighted by Gasteiger charge is -2.30. The Morgan fingerprint density at radius 3 is 2.92 bits per heavy atom. The Bertz CT molecular complexity index is 1700. The van der Waals surface area contributed by atoms with Crippen molar-refractivity contribution >= 4 is 51.7 Å². The average molecular weight is 505 g/mol. The third-order valence-electron chi connectivity index (χ3n) is 6.03. The van der Waals surface area contributed by atoms with E-state index in [4.69, 9.17) is 9.72 Å². The molecule has 1 aliphatic heterocycles. The van der Waals surface area contributed by atoms with E-state index < -0.39 is 0 Å². The van der Waals surface area contributed by atoms with Crippen molar-refractivity contribution in [2.24, 2.45) is 7.05 Å². The molecule has 4 heterocycles. The Hall–Kier alpha value is -5.38. The monoisotopic (exact) mass is 504 g/mol. The van der Waals surface area contributed by atoms with Gasteiger partial charge in [-0.05, 0) is 54.6 Å². The standard InChI is InChI=1S/C28H24N8O2/c1-3-26(37)32-20-5-4-6-22(13-20)36-17-24(38-23-7-8-25-18(11-23)9-10-29-25)12-19-14-30-28(34-27(19)36)33-21-15-31-35(2)16-21/h3-16,29H,1,17H2,2H3,(H,32,37)(H,30,33,34). The Morgan fingerprint density at radius 1 is 1.16 bits per heavy atom. The second kappa shape index (κ2) is 9.58. The highest BCUT2D eigenvalue weighted by Gasteiger charge is 2.24. The van der Waals surface area contributed by atoms with Gasteiger partial charge in [0.25, 0.3) is 0 Å². The largest absolute Gasteiger partial charge is 0.460 e. The number of amides is 1. The summed E-state index contributed by atoms with van der Waals surface area (Å²) < 4.78 is 8.02. The van der Waals surface area contributed by atoms with Gasteiger partial charge in [-0.2, -0.15) is 10.1 Å². The summed E-state index contributed by atoms with van der Waals surface area (Å²) in [6, 6.07) is 15.5. The van der Waals surface area contributed by atoms with E-state index in [1.54, 1.807) is 17.1 Å². The summed E-state index contributed by atoms with van der Waals surface area (Å²) in [5.74, 6) is 2.31. The molecule has 0 radical (unpaired) electrons. The van der Waals surface area contributed by atoms with Gasteiger partial charge >= 0.3 is 0 Å². The highest BCUT2D eigenvalue weighted by molar-refractivity contribution is 5.99. The molecular weight excluding hydrogens is 480 g/mol. The van der Waals surface area contributed by atoms with E-state index in [1.165, 1.54) is 6.08 Å². The van der Waals surface area contributed by atoms with E-state index in [0.29, 0.717) is 24.0 Å². The number of fused-ring (bicyclic) bond motifs is 2. The minimum absolute atomic E-state index is 0.282. The Morgan fingerprint density at radius 2 is 2.08 bits per heavy atom. The number of ether oxygens (including phenoxy) is 1. The van der Waals surface area contributed by atoms with Crippen LogP contribution in [0.1, 0.15) is 5.56 Å². The zero-order valence-corrected chi connectivity index (χ0v) is 20.5. The third kappa shape index (κ3) is 4.70. The molecule has 3 N–H and O–H groups in total. The third-order valence-corrected chi connectivity index (χ3v) is 6.03. The van der Waals surface area contributed by atoms with Gasteiger partial charge in [0.05, 0.1) is 18.4 Å². The topological polar surface area (TPSA) is 113 Å². The molecule has 0 saturated heterocycles. The molecule has 0 fully saturated rings. The minimum atomic E-state index is -0.282. The van der Waals surface area contributed by atoms with Crippen LogP contribution >= 0.6 is 0 Å². The van der Waals surface area contributed by atoms with E-state index in [2.05, 4.69) is 32.3 Å². The number of hydrogen-bond acceptors (Lipinski definition) is 7. The quantitative estimate of drug-likeness (QED) is 0.263. The molecule has 10 heteroatoms. The minimum Gasteiger partial charge on any atom is -0.460 e. The fourth-order valence-corrected chi connectivity index (χ4v) is 4.29. The van der Waals surface area contributed by atoms with Gasteiger partial charge < -0.3 is 25.3 Å². The predicted molar refractivity (Wildman–Crippen MR) is 148 cm³/mol. The van der Waals surface area contributed by atoms with Crippen LogP contribution < -0.4 is 20.3 Å². The molecule has 10 nitrogen and oxygen atoms in total. The van der Waals surface area contributed by atoms with Crippen molar-refractivity contribution in [1.29, 1.82) is 0 Å². The molecule has 5 aromatic rings. The molecule has 0 atom stereocenters. The van der Waals surface area contributed by atoms with Crippen LogP contribution in [0.3, 0.4) is 0 Å². The number of nitrogens with one attached hydrogen (secondary N) is 3. The van der Waals surface area contributed by atoms with Gasteiger partial charge in [0.15, 0.2) is 0 Å². The van der Waals surface area contributed by atoms with Crippen LogP contribution in [-0.4, -0.2) is 37.2 Å². The number of benzene rings is 2. The average Bonchev–Trinajstić information content (AvgIpc) is 3.56. The number of hydrogen-bond donors (Lipinski definition) is 3. The summed E-state index contributed by atoms with van der Waals surface area (Å²) in [7, 11) is 1.85. The Kier molecular flexibility index (Phi) is 5.81. The van der Waals surface area contributed by atoms with E-state index in [0.717, 1.165) is 39.3 Å². The molecule has 1 aliphatic rings. The molecule has 0 aliphatic carbocycles. The van der Waals surface area contributed by atoms with Crippen LogP contribution in [0.5, 0.6) is 5.75 Å². The van der Waals surface area contributed by atoms with Gasteiger partial charge in [-0.1, -0.05) is 12.6 Å². The number of rotatable bonds is 7. The van der Waals surface area contributed by atoms with Gasteiger partial charge in [0, 0.05) is 53.5 Å². The molecule has 0 saturated carbocycles. The number of carbonyl (C=O) groups is 1. The first-order chi connectivity index (χ1) is 18.5. The first-order valence-electron chi connectivity index (χ1n) is 11.9. The first kappa shape index (κ1) is 23.0. The lowest BCUT2D eigenvalue weighted by molar-refractivity contribution is -0.111. The van der Waals surface area contributed by atoms with Crippen LogP contribution in [0.2, 0.25) is 0 Å². The van der Waals surface area contributed by atoms with E-state index in [1.807, 2.05) is 78.9 Å². The van der Waals surface area contributed by atoms with Gasteiger partial charge in [0.2, 0.25) is 11.9 Å². The van der Waals surface area contributed by atoms with E-state index in [-0.39, 0.29) is 5.91 Å². The molecule has 3 aromatic heterocycles. The Balaban J connectivity index is 1.37. The number of carbonyl (C=O) groups excluding carboxylic acids is 1. The number of aromatic nitrogens is 5. The van der Waals surface area contributed by atoms with Crippen molar-refractivity contribution < 1.29 is 9.53 Å². The van der Waals surface area contributed by atoms with Crippen molar-refractivity contribution in [3.63, 3.8) is 0 Å². The van der Waals surface area contributed by atoms with Crippen LogP contribution in [0.25, 0.3) is 17.0 Å². The van der Waals surface area contributed by atoms with Crippen molar-refractivity contribution in [3.05, 3.63) is 97.3 Å². The molecule has 38 heavy (non-hydrogen) atoms. The maximum Gasteiger partial charge on any atom is 0.247 e. The zero-order valence-electron chi connectivity index (χ0n) is 20.5. The molecule has 6 rings (SSSR count). The second-order valence-corrected chi connectivity index (χ2v) is 8.77. The summed E-state index contributed by atoms with van der Waals surface area (Å²) in [4.78, 5) is 26.5. The van der Waals surface area contributed by atoms with Gasteiger partial charge in [-0.15, -0.1) is 0 Å². The molecule has 1 amide bonds. The molecular formula is C28H24N8O2. The zero-order chi connectivity index (χ0) is 26.1. The second-order valence-electron chi connectivity index (χ2n) is 8.77. The Labute approximate surface area is 218 Å². The van der Waals surface area contributed by atoms with Gasteiger partial charge in [0.1, 0.15) is 17.3 Å². The number of H-pyrrole nitrogens is 1. The molecule has 0 spiro atoms. The molecule has 0 bridgehead atoms. The van der Waals surface area contributed by atoms with Crippen LogP contribution in [0.15, 0.2) is 91.7 Å². The predicted octanol–water partition coefficient (Wildman–Crippen LogP) is 5.13. The van der Waals surface area contributed by atoms with E-state index in [9.17, 15) is 4.79 Å². The number of aromatic amines is 1. The van der Waals surface area contributed by atoms with Crippen molar-refractivity contribution in [1.82, 2.24) is 24.7 Å². The highest BCUT2D eigenvalue weighted by Crippen LogP contribution is 2.36. The van der Waals surface area contributed by atoms with E-state index >= 15 is 0 Å². The first-order valence-corrected chi connectivity index (χ1v) is 11.9. The smallest absolute Gasteiger partial charge is 0.247 e. The number of nitrogens with zero attached hydrogens (tertiary/aromatic N) is 5. The highest BCUT2D eigenvalue weighted by atomic mass is 16.5. The summed E-state index contributed by atoms with van der Waals surface area (Å²) >= 11 is 0. The molecule has 188 valence electrons.